The Morgan fingerprint density at radius 1 is 1.16 bits per heavy atom. The molecule has 2 saturated heterocycles. The van der Waals surface area contributed by atoms with Gasteiger partial charge >= 0.3 is 0 Å². The third kappa shape index (κ3) is 4.38. The van der Waals surface area contributed by atoms with Crippen molar-refractivity contribution in [2.24, 2.45) is 0 Å². The molecule has 138 valence electrons. The molecule has 0 unspecified atom stereocenters. The molecule has 1 aromatic rings. The van der Waals surface area contributed by atoms with Crippen molar-refractivity contribution in [2.75, 3.05) is 31.2 Å². The van der Waals surface area contributed by atoms with Crippen LogP contribution < -0.4 is 9.62 Å². The number of carbonyl (C=O) groups is 1. The number of sulfonamides is 1. The zero-order chi connectivity index (χ0) is 17.9. The third-order valence-corrected chi connectivity index (χ3v) is 6.03. The van der Waals surface area contributed by atoms with E-state index in [0.717, 1.165) is 18.5 Å². The van der Waals surface area contributed by atoms with E-state index in [-0.39, 0.29) is 17.3 Å². The summed E-state index contributed by atoms with van der Waals surface area (Å²) in [5, 5.41) is 0. The molecule has 0 atom stereocenters. The van der Waals surface area contributed by atoms with E-state index in [0.29, 0.717) is 32.6 Å². The Morgan fingerprint density at radius 2 is 1.84 bits per heavy atom. The molecular weight excluding hydrogens is 344 g/mol. The molecule has 0 spiro atoms. The largest absolute Gasteiger partial charge is 0.348 e. The fraction of sp³-hybridized carbons (Fsp3) is 0.588. The maximum atomic E-state index is 12.4. The monoisotopic (exact) mass is 368 g/mol. The van der Waals surface area contributed by atoms with Gasteiger partial charge in [0.2, 0.25) is 15.9 Å². The Kier molecular flexibility index (Phi) is 5.43. The fourth-order valence-electron chi connectivity index (χ4n) is 3.08. The quantitative estimate of drug-likeness (QED) is 0.825. The smallest absolute Gasteiger partial charge is 0.240 e. The molecule has 0 saturated carbocycles. The molecule has 2 fully saturated rings. The van der Waals surface area contributed by atoms with Gasteiger partial charge in [-0.05, 0) is 44.0 Å². The van der Waals surface area contributed by atoms with Gasteiger partial charge in [0.05, 0.1) is 18.1 Å². The molecule has 0 aromatic heterocycles. The summed E-state index contributed by atoms with van der Waals surface area (Å²) in [6, 6.07) is 6.43. The highest BCUT2D eigenvalue weighted by atomic mass is 32.2. The summed E-state index contributed by atoms with van der Waals surface area (Å²) in [6.45, 7) is 3.77. The highest BCUT2D eigenvalue weighted by Crippen LogP contribution is 2.24. The van der Waals surface area contributed by atoms with Crippen LogP contribution in [0.5, 0.6) is 0 Å². The van der Waals surface area contributed by atoms with E-state index in [1.165, 1.54) is 12.1 Å². The first-order valence-electron chi connectivity index (χ1n) is 8.58. The van der Waals surface area contributed by atoms with Crippen LogP contribution in [0.4, 0.5) is 5.69 Å². The van der Waals surface area contributed by atoms with Crippen molar-refractivity contribution in [1.82, 2.24) is 4.72 Å². The molecule has 7 nitrogen and oxygen atoms in total. The first-order chi connectivity index (χ1) is 11.9. The minimum atomic E-state index is -3.60. The number of hydrogen-bond acceptors (Lipinski definition) is 5. The van der Waals surface area contributed by atoms with Gasteiger partial charge in [-0.3, -0.25) is 4.79 Å². The lowest BCUT2D eigenvalue weighted by Gasteiger charge is -2.26. The Bertz CT molecular complexity index is 711. The van der Waals surface area contributed by atoms with E-state index < -0.39 is 15.8 Å². The first kappa shape index (κ1) is 18.3. The second-order valence-electron chi connectivity index (χ2n) is 6.47. The van der Waals surface area contributed by atoms with Gasteiger partial charge in [0, 0.05) is 31.6 Å². The molecule has 1 amide bonds. The van der Waals surface area contributed by atoms with Crippen molar-refractivity contribution in [2.45, 2.75) is 43.3 Å². The molecule has 0 bridgehead atoms. The summed E-state index contributed by atoms with van der Waals surface area (Å²) in [7, 11) is -3.60. The minimum absolute atomic E-state index is 0.0878. The molecule has 25 heavy (non-hydrogen) atoms. The summed E-state index contributed by atoms with van der Waals surface area (Å²) in [5.41, 5.74) is 0.740. The summed E-state index contributed by atoms with van der Waals surface area (Å²) in [5.74, 6) is -0.633. The number of anilines is 1. The second kappa shape index (κ2) is 7.41. The summed E-state index contributed by atoms with van der Waals surface area (Å²) in [4.78, 5) is 13.8. The van der Waals surface area contributed by atoms with E-state index in [4.69, 9.17) is 9.47 Å². The van der Waals surface area contributed by atoms with Crippen molar-refractivity contribution in [3.05, 3.63) is 24.3 Å². The fourth-order valence-corrected chi connectivity index (χ4v) is 4.11. The maximum Gasteiger partial charge on any atom is 0.240 e. The normalized spacial score (nSPS) is 20.8. The summed E-state index contributed by atoms with van der Waals surface area (Å²) < 4.78 is 38.3. The van der Waals surface area contributed by atoms with Crippen LogP contribution in [0.15, 0.2) is 29.2 Å². The topological polar surface area (TPSA) is 84.9 Å². The lowest BCUT2D eigenvalue weighted by atomic mass is 10.1. The Morgan fingerprint density at radius 3 is 2.48 bits per heavy atom. The van der Waals surface area contributed by atoms with Gasteiger partial charge in [0.1, 0.15) is 0 Å². The number of nitrogens with zero attached hydrogens (tertiary/aromatic N) is 1. The van der Waals surface area contributed by atoms with E-state index >= 15 is 0 Å². The van der Waals surface area contributed by atoms with E-state index in [9.17, 15) is 13.2 Å². The number of benzene rings is 1. The van der Waals surface area contributed by atoms with Crippen LogP contribution >= 0.6 is 0 Å². The van der Waals surface area contributed by atoms with Crippen LogP contribution in [0, 0.1) is 0 Å². The lowest BCUT2D eigenvalue weighted by molar-refractivity contribution is -0.145. The van der Waals surface area contributed by atoms with Gasteiger partial charge in [-0.15, -0.1) is 0 Å². The zero-order valence-electron chi connectivity index (χ0n) is 14.4. The van der Waals surface area contributed by atoms with E-state index in [1.807, 2.05) is 0 Å². The molecular formula is C17H24N2O5S. The van der Waals surface area contributed by atoms with E-state index in [1.54, 1.807) is 24.0 Å². The molecule has 0 aliphatic carbocycles. The number of amides is 1. The van der Waals surface area contributed by atoms with Gasteiger partial charge in [0.25, 0.3) is 0 Å². The average Bonchev–Trinajstić information content (AvgIpc) is 3.02. The maximum absolute atomic E-state index is 12.4. The second-order valence-corrected chi connectivity index (χ2v) is 8.24. The summed E-state index contributed by atoms with van der Waals surface area (Å²) in [6.07, 6.45) is 2.87. The van der Waals surface area contributed by atoms with Gasteiger partial charge in [0.15, 0.2) is 5.79 Å². The number of piperidine rings is 1. The number of ether oxygens (including phenoxy) is 2. The highest BCUT2D eigenvalue weighted by Gasteiger charge is 2.31. The van der Waals surface area contributed by atoms with E-state index in [2.05, 4.69) is 4.72 Å². The predicted octanol–water partition coefficient (Wildman–Crippen LogP) is 1.63. The van der Waals surface area contributed by atoms with Crippen LogP contribution in [-0.4, -0.2) is 46.4 Å². The van der Waals surface area contributed by atoms with Gasteiger partial charge in [-0.25, -0.2) is 13.1 Å². The van der Waals surface area contributed by atoms with Crippen LogP contribution in [0.3, 0.4) is 0 Å². The molecule has 8 heteroatoms. The van der Waals surface area contributed by atoms with Crippen LogP contribution in [-0.2, 0) is 24.3 Å². The summed E-state index contributed by atoms with van der Waals surface area (Å²) >= 11 is 0. The Labute approximate surface area is 148 Å². The zero-order valence-corrected chi connectivity index (χ0v) is 15.2. The van der Waals surface area contributed by atoms with Crippen molar-refractivity contribution in [3.63, 3.8) is 0 Å². The predicted molar refractivity (Wildman–Crippen MR) is 92.8 cm³/mol. The molecule has 3 rings (SSSR count). The lowest BCUT2D eigenvalue weighted by Crippen LogP contribution is -2.35. The highest BCUT2D eigenvalue weighted by molar-refractivity contribution is 7.89. The SMILES string of the molecule is CC1(CCNS(=O)(=O)c2ccc(N3CCCCC3=O)cc2)OCCO1. The molecule has 1 N–H and O–H groups in total. The Hall–Kier alpha value is -1.48. The standard InChI is InChI=1S/C17H24N2O5S/c1-17(23-12-13-24-17)9-10-18-25(21,22)15-7-5-14(6-8-15)19-11-3-2-4-16(19)20/h5-8,18H,2-4,9-13H2,1H3. The number of hydrogen-bond donors (Lipinski definition) is 1. The molecule has 2 aliphatic heterocycles. The number of carbonyl (C=O) groups excluding carboxylic acids is 1. The van der Waals surface area contributed by atoms with Gasteiger partial charge in [-0.1, -0.05) is 0 Å². The first-order valence-corrected chi connectivity index (χ1v) is 10.1. The Balaban J connectivity index is 1.61. The van der Waals surface area contributed by atoms with Crippen molar-refractivity contribution in [1.29, 1.82) is 0 Å². The minimum Gasteiger partial charge on any atom is -0.348 e. The van der Waals surface area contributed by atoms with Crippen LogP contribution in [0.25, 0.3) is 0 Å². The van der Waals surface area contributed by atoms with Crippen molar-refractivity contribution in [3.8, 4) is 0 Å². The molecule has 1 aromatic carbocycles. The third-order valence-electron chi connectivity index (χ3n) is 4.55. The van der Waals surface area contributed by atoms with Gasteiger partial charge < -0.3 is 14.4 Å². The molecule has 2 aliphatic rings. The van der Waals surface area contributed by atoms with Crippen LogP contribution in [0.1, 0.15) is 32.6 Å². The van der Waals surface area contributed by atoms with Crippen molar-refractivity contribution >= 4 is 21.6 Å². The molecule has 2 heterocycles. The van der Waals surface area contributed by atoms with Crippen LogP contribution in [0.2, 0.25) is 0 Å². The molecule has 0 radical (unpaired) electrons. The number of rotatable bonds is 6. The number of nitrogens with one attached hydrogen (secondary N) is 1. The average molecular weight is 368 g/mol. The van der Waals surface area contributed by atoms with Gasteiger partial charge in [-0.2, -0.15) is 0 Å². The van der Waals surface area contributed by atoms with Crippen molar-refractivity contribution < 1.29 is 22.7 Å².